The van der Waals surface area contributed by atoms with Gasteiger partial charge in [-0.3, -0.25) is 10.2 Å². The van der Waals surface area contributed by atoms with E-state index >= 15 is 0 Å². The molecule has 0 bridgehead atoms. The van der Waals surface area contributed by atoms with Gasteiger partial charge in [0.05, 0.1) is 11.3 Å². The number of ether oxygens (including phenoxy) is 1. The van der Waals surface area contributed by atoms with Gasteiger partial charge in [-0.2, -0.15) is 0 Å². The molecule has 1 aliphatic heterocycles. The van der Waals surface area contributed by atoms with Crippen LogP contribution in [0, 0.1) is 17.0 Å². The van der Waals surface area contributed by atoms with E-state index in [0.717, 1.165) is 25.0 Å². The topological polar surface area (TPSA) is 91.2 Å². The number of halogens is 2. The van der Waals surface area contributed by atoms with Crippen molar-refractivity contribution in [2.45, 2.75) is 18.9 Å². The normalized spacial score (nSPS) is 15.5. The maximum Gasteiger partial charge on any atom is 0.246 e. The van der Waals surface area contributed by atoms with Gasteiger partial charge in [-0.15, -0.1) is 0 Å². The van der Waals surface area contributed by atoms with Gasteiger partial charge in [0.25, 0.3) is 0 Å². The molecule has 2 heterocycles. The fourth-order valence-electron chi connectivity index (χ4n) is 3.79. The van der Waals surface area contributed by atoms with Crippen molar-refractivity contribution in [1.82, 2.24) is 14.9 Å². The SMILES string of the molecule is C=CC(=O)N1CCC[C@H](Nc2ncncc2C(=N)c2ccc(Oc3c(F)cccc3F)cc2)C1. The van der Waals surface area contributed by atoms with E-state index in [2.05, 4.69) is 21.9 Å². The molecule has 4 rings (SSSR count). The van der Waals surface area contributed by atoms with Crippen molar-refractivity contribution < 1.29 is 18.3 Å². The molecule has 0 aliphatic carbocycles. The van der Waals surface area contributed by atoms with Crippen molar-refractivity contribution in [3.8, 4) is 11.5 Å². The van der Waals surface area contributed by atoms with Crippen LogP contribution in [-0.4, -0.2) is 45.6 Å². The number of nitrogens with one attached hydrogen (secondary N) is 2. The van der Waals surface area contributed by atoms with Crippen LogP contribution in [0.25, 0.3) is 0 Å². The number of rotatable bonds is 7. The number of hydrogen-bond donors (Lipinski definition) is 2. The highest BCUT2D eigenvalue weighted by molar-refractivity contribution is 6.13. The first kappa shape index (κ1) is 23.0. The first-order valence-corrected chi connectivity index (χ1v) is 10.8. The Balaban J connectivity index is 1.49. The largest absolute Gasteiger partial charge is 0.451 e. The zero-order chi connectivity index (χ0) is 24.1. The average molecular weight is 463 g/mol. The van der Waals surface area contributed by atoms with Gasteiger partial charge < -0.3 is 15.0 Å². The highest BCUT2D eigenvalue weighted by Crippen LogP contribution is 2.28. The molecule has 34 heavy (non-hydrogen) atoms. The van der Waals surface area contributed by atoms with Gasteiger partial charge >= 0.3 is 0 Å². The highest BCUT2D eigenvalue weighted by atomic mass is 19.1. The zero-order valence-corrected chi connectivity index (χ0v) is 18.3. The number of benzene rings is 2. The third kappa shape index (κ3) is 5.09. The lowest BCUT2D eigenvalue weighted by molar-refractivity contribution is -0.127. The maximum atomic E-state index is 13.8. The monoisotopic (exact) mass is 463 g/mol. The van der Waals surface area contributed by atoms with Crippen LogP contribution in [0.1, 0.15) is 24.0 Å². The summed E-state index contributed by atoms with van der Waals surface area (Å²) in [6.45, 7) is 4.74. The number of piperidine rings is 1. The number of hydrogen-bond acceptors (Lipinski definition) is 6. The van der Waals surface area contributed by atoms with Crippen LogP contribution in [0.5, 0.6) is 11.5 Å². The number of aromatic nitrogens is 2. The number of carbonyl (C=O) groups excluding carboxylic acids is 1. The molecule has 0 spiro atoms. The molecule has 7 nitrogen and oxygen atoms in total. The van der Waals surface area contributed by atoms with Gasteiger partial charge in [0.1, 0.15) is 17.9 Å². The summed E-state index contributed by atoms with van der Waals surface area (Å²) in [6, 6.07) is 9.79. The summed E-state index contributed by atoms with van der Waals surface area (Å²) in [4.78, 5) is 22.1. The quantitative estimate of drug-likeness (QED) is 0.396. The Bertz CT molecular complexity index is 1200. The predicted molar refractivity (Wildman–Crippen MR) is 124 cm³/mol. The molecule has 1 aromatic heterocycles. The number of nitrogens with zero attached hydrogens (tertiary/aromatic N) is 3. The summed E-state index contributed by atoms with van der Waals surface area (Å²) >= 11 is 0. The molecule has 2 N–H and O–H groups in total. The van der Waals surface area contributed by atoms with Gasteiger partial charge in [-0.25, -0.2) is 18.7 Å². The van der Waals surface area contributed by atoms with E-state index in [9.17, 15) is 13.6 Å². The summed E-state index contributed by atoms with van der Waals surface area (Å²) in [5, 5.41) is 12.0. The van der Waals surface area contributed by atoms with Crippen molar-refractivity contribution in [2.75, 3.05) is 18.4 Å². The van der Waals surface area contributed by atoms with Crippen molar-refractivity contribution in [1.29, 1.82) is 5.41 Å². The second-order valence-electron chi connectivity index (χ2n) is 7.81. The van der Waals surface area contributed by atoms with Crippen LogP contribution >= 0.6 is 0 Å². The Kier molecular flexibility index (Phi) is 6.91. The Morgan fingerprint density at radius 2 is 1.94 bits per heavy atom. The van der Waals surface area contributed by atoms with Gasteiger partial charge in [-0.05, 0) is 55.3 Å². The van der Waals surface area contributed by atoms with Gasteiger partial charge in [-0.1, -0.05) is 12.6 Å². The minimum absolute atomic E-state index is 0.0226. The molecule has 0 radical (unpaired) electrons. The fraction of sp³-hybridized carbons (Fsp3) is 0.200. The van der Waals surface area contributed by atoms with Crippen molar-refractivity contribution in [3.05, 3.63) is 90.4 Å². The summed E-state index contributed by atoms with van der Waals surface area (Å²) in [5.74, 6) is -1.47. The first-order valence-electron chi connectivity index (χ1n) is 10.8. The first-order chi connectivity index (χ1) is 16.5. The van der Waals surface area contributed by atoms with E-state index in [1.165, 1.54) is 30.6 Å². The molecule has 1 aliphatic rings. The second kappa shape index (κ2) is 10.2. The number of likely N-dealkylation sites (tertiary alicyclic amines) is 1. The third-order valence-corrected chi connectivity index (χ3v) is 5.51. The lowest BCUT2D eigenvalue weighted by Gasteiger charge is -2.33. The fourth-order valence-corrected chi connectivity index (χ4v) is 3.79. The molecule has 9 heteroatoms. The Morgan fingerprint density at radius 1 is 1.21 bits per heavy atom. The molecule has 3 aromatic rings. The Hall–Kier alpha value is -4.14. The summed E-state index contributed by atoms with van der Waals surface area (Å²) in [6.07, 6.45) is 5.96. The second-order valence-corrected chi connectivity index (χ2v) is 7.81. The smallest absolute Gasteiger partial charge is 0.246 e. The standard InChI is InChI=1S/C25H23F2N5O2/c1-2-22(33)32-12-4-5-17(14-32)31-25-19(13-29-15-30-25)23(28)16-8-10-18(11-9-16)34-24-20(26)6-3-7-21(24)27/h2-3,6-11,13,15,17,28H,1,4-5,12,14H2,(H,29,30,31)/t17-/m0/s1. The van der Waals surface area contributed by atoms with Crippen LogP contribution in [-0.2, 0) is 4.79 Å². The van der Waals surface area contributed by atoms with E-state index in [0.29, 0.717) is 30.0 Å². The molecule has 1 amide bonds. The maximum absolute atomic E-state index is 13.8. The van der Waals surface area contributed by atoms with E-state index in [1.807, 2.05) is 0 Å². The highest BCUT2D eigenvalue weighted by Gasteiger charge is 2.24. The van der Waals surface area contributed by atoms with Crippen LogP contribution in [0.4, 0.5) is 14.6 Å². The van der Waals surface area contributed by atoms with Crippen molar-refractivity contribution in [3.63, 3.8) is 0 Å². The average Bonchev–Trinajstić information content (AvgIpc) is 2.86. The van der Waals surface area contributed by atoms with Crippen molar-refractivity contribution >= 4 is 17.4 Å². The number of amides is 1. The van der Waals surface area contributed by atoms with Gasteiger partial charge in [0.15, 0.2) is 17.4 Å². The lowest BCUT2D eigenvalue weighted by Crippen LogP contribution is -2.44. The van der Waals surface area contributed by atoms with Gasteiger partial charge in [0.2, 0.25) is 5.91 Å². The Morgan fingerprint density at radius 3 is 2.65 bits per heavy atom. The number of carbonyl (C=O) groups is 1. The third-order valence-electron chi connectivity index (χ3n) is 5.51. The minimum atomic E-state index is -0.801. The summed E-state index contributed by atoms with van der Waals surface area (Å²) < 4.78 is 33.0. The molecule has 1 saturated heterocycles. The Labute approximate surface area is 195 Å². The predicted octanol–water partition coefficient (Wildman–Crippen LogP) is 4.55. The van der Waals surface area contributed by atoms with E-state index < -0.39 is 17.4 Å². The minimum Gasteiger partial charge on any atom is -0.451 e. The molecule has 1 fully saturated rings. The molecule has 0 unspecified atom stereocenters. The molecule has 2 aromatic carbocycles. The number of anilines is 1. The number of para-hydroxylation sites is 1. The van der Waals surface area contributed by atoms with Gasteiger partial charge in [0, 0.05) is 30.9 Å². The molecular weight excluding hydrogens is 440 g/mol. The van der Waals surface area contributed by atoms with E-state index in [-0.39, 0.29) is 23.4 Å². The molecule has 0 saturated carbocycles. The van der Waals surface area contributed by atoms with Crippen LogP contribution in [0.2, 0.25) is 0 Å². The molecular formula is C25H23F2N5O2. The lowest BCUT2D eigenvalue weighted by atomic mass is 10.0. The zero-order valence-electron chi connectivity index (χ0n) is 18.3. The van der Waals surface area contributed by atoms with Crippen LogP contribution < -0.4 is 10.1 Å². The van der Waals surface area contributed by atoms with E-state index in [1.54, 1.807) is 23.2 Å². The summed E-state index contributed by atoms with van der Waals surface area (Å²) in [5.41, 5.74) is 1.20. The van der Waals surface area contributed by atoms with Crippen molar-refractivity contribution in [2.24, 2.45) is 0 Å². The van der Waals surface area contributed by atoms with Crippen LogP contribution in [0.15, 0.2) is 67.6 Å². The molecule has 174 valence electrons. The summed E-state index contributed by atoms with van der Waals surface area (Å²) in [7, 11) is 0. The molecule has 1 atom stereocenters. The van der Waals surface area contributed by atoms with Crippen LogP contribution in [0.3, 0.4) is 0 Å². The van der Waals surface area contributed by atoms with E-state index in [4.69, 9.17) is 10.1 Å².